The first-order valence-corrected chi connectivity index (χ1v) is 14.3. The molecule has 3 aliphatic rings. The van der Waals surface area contributed by atoms with Crippen LogP contribution in [0.1, 0.15) is 47.9 Å². The summed E-state index contributed by atoms with van der Waals surface area (Å²) in [6.45, 7) is -0.748. The molecule has 1 fully saturated rings. The first-order chi connectivity index (χ1) is 17.9. The largest absolute Gasteiger partial charge is 0.437 e. The van der Waals surface area contributed by atoms with E-state index in [0.29, 0.717) is 30.7 Å². The molecule has 5 rings (SSSR count). The van der Waals surface area contributed by atoms with Gasteiger partial charge in [0.05, 0.1) is 37.7 Å². The second kappa shape index (κ2) is 9.83. The molecule has 1 aromatic heterocycles. The van der Waals surface area contributed by atoms with E-state index in [1.807, 2.05) is 0 Å². The fourth-order valence-electron chi connectivity index (χ4n) is 5.72. The third-order valence-electron chi connectivity index (χ3n) is 7.76. The van der Waals surface area contributed by atoms with Crippen molar-refractivity contribution in [3.05, 3.63) is 40.7 Å². The number of quaternary nitrogens is 1. The number of urea groups is 1. The highest BCUT2D eigenvalue weighted by Crippen LogP contribution is 2.39. The molecule has 1 saturated heterocycles. The molecule has 38 heavy (non-hydrogen) atoms. The van der Waals surface area contributed by atoms with Crippen LogP contribution in [-0.4, -0.2) is 67.6 Å². The van der Waals surface area contributed by atoms with E-state index in [-0.39, 0.29) is 5.69 Å². The lowest BCUT2D eigenvalue weighted by Gasteiger charge is -2.38. The number of rotatable bonds is 6. The number of hydrogen-bond acceptors (Lipinski definition) is 5. The van der Waals surface area contributed by atoms with Crippen molar-refractivity contribution in [1.29, 1.82) is 0 Å². The zero-order chi connectivity index (χ0) is 27.3. The SMILES string of the molecule is C[N+](C)(C(=O)Nc1c2c(cc3c1CCC3)CCC2)S(=O)(=O)N(c1cnn(CC(F)(F)F)c1)C1CCOCC1. The van der Waals surface area contributed by atoms with Crippen LogP contribution in [0.3, 0.4) is 0 Å². The summed E-state index contributed by atoms with van der Waals surface area (Å²) >= 11 is 0. The first-order valence-electron chi connectivity index (χ1n) is 12.9. The Hall–Kier alpha value is -2.64. The van der Waals surface area contributed by atoms with Gasteiger partial charge >= 0.3 is 22.4 Å². The van der Waals surface area contributed by atoms with Crippen molar-refractivity contribution in [2.75, 3.05) is 36.9 Å². The summed E-state index contributed by atoms with van der Waals surface area (Å²) in [5.41, 5.74) is 5.28. The molecule has 0 atom stereocenters. The van der Waals surface area contributed by atoms with Crippen LogP contribution in [0.5, 0.6) is 0 Å². The summed E-state index contributed by atoms with van der Waals surface area (Å²) in [4.78, 5) is 13.8. The van der Waals surface area contributed by atoms with Crippen molar-refractivity contribution in [1.82, 2.24) is 9.78 Å². The maximum absolute atomic E-state index is 14.2. The average molecular weight is 557 g/mol. The van der Waals surface area contributed by atoms with Crippen LogP contribution < -0.4 is 9.62 Å². The Morgan fingerprint density at radius 1 is 1.13 bits per heavy atom. The summed E-state index contributed by atoms with van der Waals surface area (Å²) in [5, 5.41) is 6.72. The quantitative estimate of drug-likeness (QED) is 0.544. The molecule has 208 valence electrons. The zero-order valence-corrected chi connectivity index (χ0v) is 22.4. The van der Waals surface area contributed by atoms with Crippen LogP contribution in [-0.2, 0) is 47.2 Å². The number of benzene rings is 1. The molecule has 1 aliphatic heterocycles. The topological polar surface area (TPSA) is 93.5 Å². The number of amides is 2. The third-order valence-corrected chi connectivity index (χ3v) is 10.1. The van der Waals surface area contributed by atoms with Gasteiger partial charge in [-0.15, -0.1) is 3.89 Å². The van der Waals surface area contributed by atoms with Crippen molar-refractivity contribution < 1.29 is 35.0 Å². The van der Waals surface area contributed by atoms with E-state index in [1.54, 1.807) is 0 Å². The van der Waals surface area contributed by atoms with Gasteiger partial charge in [0.25, 0.3) is 0 Å². The number of alkyl halides is 3. The van der Waals surface area contributed by atoms with E-state index < -0.39 is 38.9 Å². The summed E-state index contributed by atoms with van der Waals surface area (Å²) in [6, 6.07) is 0.912. The van der Waals surface area contributed by atoms with E-state index in [1.165, 1.54) is 25.2 Å². The Kier molecular flexibility index (Phi) is 6.97. The molecule has 2 aromatic rings. The fourth-order valence-corrected chi connectivity index (χ4v) is 7.37. The molecule has 0 bridgehead atoms. The van der Waals surface area contributed by atoms with E-state index in [4.69, 9.17) is 4.74 Å². The predicted molar refractivity (Wildman–Crippen MR) is 135 cm³/mol. The molecular weight excluding hydrogens is 523 g/mol. The van der Waals surface area contributed by atoms with Crippen LogP contribution in [0, 0.1) is 0 Å². The minimum absolute atomic E-state index is 0.0124. The number of halogens is 3. The fraction of sp³-hybridized carbons (Fsp3) is 0.600. The van der Waals surface area contributed by atoms with E-state index in [9.17, 15) is 26.4 Å². The van der Waals surface area contributed by atoms with Crippen LogP contribution in [0.15, 0.2) is 18.5 Å². The van der Waals surface area contributed by atoms with Gasteiger partial charge in [0.2, 0.25) is 0 Å². The number of nitrogens with zero attached hydrogens (tertiary/aromatic N) is 4. The van der Waals surface area contributed by atoms with Gasteiger partial charge in [-0.3, -0.25) is 10.00 Å². The summed E-state index contributed by atoms with van der Waals surface area (Å²) in [5.74, 6) is 0. The Balaban J connectivity index is 1.49. The molecular formula is C25H33F3N5O4S+. The van der Waals surface area contributed by atoms with Gasteiger partial charge in [-0.1, -0.05) is 6.07 Å². The maximum atomic E-state index is 14.2. The lowest BCUT2D eigenvalue weighted by atomic mass is 9.99. The van der Waals surface area contributed by atoms with E-state index in [0.717, 1.165) is 72.0 Å². The second-order valence-electron chi connectivity index (χ2n) is 10.6. The highest BCUT2D eigenvalue weighted by atomic mass is 32.2. The van der Waals surface area contributed by atoms with Crippen molar-refractivity contribution in [3.63, 3.8) is 0 Å². The van der Waals surface area contributed by atoms with Crippen molar-refractivity contribution in [3.8, 4) is 0 Å². The molecule has 1 aromatic carbocycles. The number of aryl methyl sites for hydroxylation is 2. The van der Waals surface area contributed by atoms with Crippen molar-refractivity contribution in [2.24, 2.45) is 0 Å². The van der Waals surface area contributed by atoms with Crippen LogP contribution in [0.2, 0.25) is 0 Å². The number of ether oxygens (including phenoxy) is 1. The number of carbonyl (C=O) groups excluding carboxylic acids is 1. The van der Waals surface area contributed by atoms with Gasteiger partial charge in [0, 0.05) is 19.4 Å². The molecule has 1 N–H and O–H groups in total. The number of carbonyl (C=O) groups is 1. The molecule has 0 saturated carbocycles. The summed E-state index contributed by atoms with van der Waals surface area (Å²) in [6.07, 6.45) is 3.81. The number of aromatic nitrogens is 2. The minimum Gasteiger partial charge on any atom is -0.381 e. The molecule has 2 aliphatic carbocycles. The number of anilines is 2. The molecule has 0 radical (unpaired) electrons. The highest BCUT2D eigenvalue weighted by molar-refractivity contribution is 7.87. The lowest BCUT2D eigenvalue weighted by molar-refractivity contribution is -0.669. The Labute approximate surface area is 220 Å². The highest BCUT2D eigenvalue weighted by Gasteiger charge is 2.49. The van der Waals surface area contributed by atoms with Gasteiger partial charge in [-0.25, -0.2) is 9.10 Å². The van der Waals surface area contributed by atoms with Crippen LogP contribution >= 0.6 is 0 Å². The van der Waals surface area contributed by atoms with Gasteiger partial charge < -0.3 is 4.74 Å². The molecule has 9 nitrogen and oxygen atoms in total. The monoisotopic (exact) mass is 556 g/mol. The normalized spacial score (nSPS) is 18.3. The molecule has 0 unspecified atom stereocenters. The standard InChI is InChI=1S/C25H32F3N5O4S/c1-33(2,24(34)30-23-21-7-3-5-17(21)13-18-6-4-8-22(18)23)38(35,36)32(19-9-11-37-12-10-19)20-14-29-31(15-20)16-25(26,27)28/h13-15,19H,3-12,16H2,1-2H3/p+1. The number of nitrogens with one attached hydrogen (secondary N) is 1. The zero-order valence-electron chi connectivity index (χ0n) is 21.6. The van der Waals surface area contributed by atoms with Crippen molar-refractivity contribution >= 4 is 27.6 Å². The Bertz CT molecular complexity index is 1300. The van der Waals surface area contributed by atoms with Gasteiger partial charge in [-0.05, 0) is 73.6 Å². The average Bonchev–Trinajstić information content (AvgIpc) is 3.59. The van der Waals surface area contributed by atoms with Crippen molar-refractivity contribution in [2.45, 2.75) is 70.1 Å². The predicted octanol–water partition coefficient (Wildman–Crippen LogP) is 3.96. The van der Waals surface area contributed by atoms with E-state index >= 15 is 0 Å². The molecule has 2 heterocycles. The van der Waals surface area contributed by atoms with Gasteiger partial charge in [0.15, 0.2) is 0 Å². The second-order valence-corrected chi connectivity index (χ2v) is 12.8. The molecule has 0 spiro atoms. The van der Waals surface area contributed by atoms with E-state index in [2.05, 4.69) is 16.5 Å². The number of hydrogen-bond donors (Lipinski definition) is 1. The molecule has 2 amide bonds. The summed E-state index contributed by atoms with van der Waals surface area (Å²) < 4.78 is 73.3. The lowest BCUT2D eigenvalue weighted by Crippen LogP contribution is -2.61. The first kappa shape index (κ1) is 26.9. The third kappa shape index (κ3) is 4.91. The van der Waals surface area contributed by atoms with Crippen LogP contribution in [0.4, 0.5) is 29.3 Å². The van der Waals surface area contributed by atoms with Crippen LogP contribution in [0.25, 0.3) is 0 Å². The number of fused-ring (bicyclic) bond motifs is 2. The Morgan fingerprint density at radius 2 is 1.74 bits per heavy atom. The maximum Gasteiger partial charge on any atom is 0.437 e. The summed E-state index contributed by atoms with van der Waals surface area (Å²) in [7, 11) is -1.88. The Morgan fingerprint density at radius 3 is 2.32 bits per heavy atom. The van der Waals surface area contributed by atoms with Gasteiger partial charge in [-0.2, -0.15) is 26.7 Å². The minimum atomic E-state index is -4.52. The smallest absolute Gasteiger partial charge is 0.381 e. The molecule has 13 heteroatoms. The van der Waals surface area contributed by atoms with Gasteiger partial charge in [0.1, 0.15) is 6.54 Å².